The van der Waals surface area contributed by atoms with Crippen LogP contribution in [-0.2, 0) is 4.74 Å². The molecule has 0 radical (unpaired) electrons. The quantitative estimate of drug-likeness (QED) is 0.600. The number of benzene rings is 1. The summed E-state index contributed by atoms with van der Waals surface area (Å²) in [4.78, 5) is 20.3. The number of rotatable bonds is 7. The molecule has 0 aliphatic heterocycles. The van der Waals surface area contributed by atoms with Crippen molar-refractivity contribution in [2.24, 2.45) is 5.92 Å². The van der Waals surface area contributed by atoms with Gasteiger partial charge in [0.25, 0.3) is 0 Å². The molecule has 1 N–H and O–H groups in total. The Bertz CT molecular complexity index is 793. The first-order chi connectivity index (χ1) is 12.0. The second kappa shape index (κ2) is 8.60. The van der Waals surface area contributed by atoms with Gasteiger partial charge in [-0.3, -0.25) is 0 Å². The van der Waals surface area contributed by atoms with Gasteiger partial charge in [0.05, 0.1) is 25.5 Å². The van der Waals surface area contributed by atoms with Crippen LogP contribution < -0.4 is 4.74 Å². The van der Waals surface area contributed by atoms with Gasteiger partial charge in [-0.15, -0.1) is 11.3 Å². The van der Waals surface area contributed by atoms with Gasteiger partial charge < -0.3 is 14.6 Å². The predicted octanol–water partition coefficient (Wildman–Crippen LogP) is 3.85. The number of esters is 1. The lowest BCUT2D eigenvalue weighted by Gasteiger charge is -2.10. The average molecular weight is 360 g/mol. The van der Waals surface area contributed by atoms with Crippen LogP contribution in [0.2, 0.25) is 0 Å². The fraction of sp³-hybridized carbons (Fsp3) is 0.389. The monoisotopic (exact) mass is 360 g/mol. The Labute approximate surface area is 150 Å². The Balaban J connectivity index is 2.27. The fourth-order valence-electron chi connectivity index (χ4n) is 2.03. The summed E-state index contributed by atoms with van der Waals surface area (Å²) in [6.45, 7) is 13.4. The molecule has 1 heterocycles. The van der Waals surface area contributed by atoms with Gasteiger partial charge in [0.1, 0.15) is 22.2 Å². The minimum Gasteiger partial charge on any atom is -0.504 e. The highest BCUT2D eigenvalue weighted by atomic mass is 32.1. The molecule has 0 amide bonds. The van der Waals surface area contributed by atoms with E-state index in [9.17, 15) is 4.79 Å². The number of nitrogens with zero attached hydrogens (tertiary/aromatic N) is 2. The van der Waals surface area contributed by atoms with Gasteiger partial charge in [-0.05, 0) is 25.0 Å². The van der Waals surface area contributed by atoms with Gasteiger partial charge in [-0.25, -0.2) is 14.6 Å². The molecule has 2 aromatic rings. The number of thiazole rings is 1. The Kier molecular flexibility index (Phi) is 6.51. The smallest absolute Gasteiger partial charge is 0.350 e. The lowest BCUT2D eigenvalue weighted by atomic mass is 10.2. The van der Waals surface area contributed by atoms with Gasteiger partial charge in [-0.1, -0.05) is 19.9 Å². The lowest BCUT2D eigenvalue weighted by Crippen LogP contribution is -2.08. The van der Waals surface area contributed by atoms with Crippen molar-refractivity contribution < 1.29 is 19.4 Å². The van der Waals surface area contributed by atoms with Crippen molar-refractivity contribution in [2.45, 2.75) is 20.8 Å². The number of aliphatic hydroxyl groups excluding tert-OH is 1. The molecule has 6 nitrogen and oxygen atoms in total. The van der Waals surface area contributed by atoms with E-state index in [1.165, 1.54) is 11.3 Å². The first-order valence-corrected chi connectivity index (χ1v) is 8.68. The zero-order chi connectivity index (χ0) is 18.4. The van der Waals surface area contributed by atoms with E-state index in [4.69, 9.17) is 21.2 Å². The maximum atomic E-state index is 12.0. The van der Waals surface area contributed by atoms with Crippen LogP contribution in [-0.4, -0.2) is 35.9 Å². The average Bonchev–Trinajstić information content (AvgIpc) is 2.99. The topological polar surface area (TPSA) is 73.0 Å². The number of hydrogen-bond acceptors (Lipinski definition) is 6. The summed E-state index contributed by atoms with van der Waals surface area (Å²) in [6.07, 6.45) is 0. The van der Waals surface area contributed by atoms with E-state index in [-0.39, 0.29) is 13.2 Å². The molecule has 0 bridgehead atoms. The summed E-state index contributed by atoms with van der Waals surface area (Å²) < 4.78 is 10.6. The highest BCUT2D eigenvalue weighted by Gasteiger charge is 2.18. The van der Waals surface area contributed by atoms with E-state index in [1.807, 2.05) is 19.9 Å². The van der Waals surface area contributed by atoms with Crippen molar-refractivity contribution in [1.82, 2.24) is 4.98 Å². The molecule has 0 saturated heterocycles. The molecule has 0 spiro atoms. The molecule has 0 aliphatic rings. The largest absolute Gasteiger partial charge is 0.504 e. The molecule has 1 aromatic heterocycles. The first kappa shape index (κ1) is 18.9. The molecule has 0 unspecified atom stereocenters. The summed E-state index contributed by atoms with van der Waals surface area (Å²) in [6, 6.07) is 5.29. The van der Waals surface area contributed by atoms with Crippen LogP contribution >= 0.6 is 11.3 Å². The summed E-state index contributed by atoms with van der Waals surface area (Å²) in [5, 5.41) is 9.38. The zero-order valence-electron chi connectivity index (χ0n) is 14.4. The zero-order valence-corrected chi connectivity index (χ0v) is 15.2. The lowest BCUT2D eigenvalue weighted by molar-refractivity contribution is 0.0438. The third-order valence-electron chi connectivity index (χ3n) is 3.20. The molecular weight excluding hydrogens is 340 g/mol. The number of aromatic nitrogens is 1. The summed E-state index contributed by atoms with van der Waals surface area (Å²) in [5.74, 6) is 0.410. The maximum absolute atomic E-state index is 12.0. The molecule has 1 aromatic carbocycles. The fourth-order valence-corrected chi connectivity index (χ4v) is 2.99. The number of aliphatic hydroxyl groups is 1. The van der Waals surface area contributed by atoms with Gasteiger partial charge >= 0.3 is 5.97 Å². The Morgan fingerprint density at radius 1 is 1.44 bits per heavy atom. The Morgan fingerprint density at radius 2 is 2.20 bits per heavy atom. The SMILES string of the molecule is [C-]#[N+]c1cc(-c2nc(C)c(C(=O)OCCO)s2)ccc1OCC(C)C. The van der Waals surface area contributed by atoms with Crippen molar-refractivity contribution in [3.63, 3.8) is 0 Å². The van der Waals surface area contributed by atoms with Crippen molar-refractivity contribution in [3.05, 3.63) is 40.2 Å². The third kappa shape index (κ3) is 4.78. The Morgan fingerprint density at radius 3 is 2.84 bits per heavy atom. The highest BCUT2D eigenvalue weighted by molar-refractivity contribution is 7.17. The van der Waals surface area contributed by atoms with Crippen molar-refractivity contribution in [3.8, 4) is 16.3 Å². The number of hydrogen-bond donors (Lipinski definition) is 1. The minimum absolute atomic E-state index is 0.0464. The van der Waals surface area contributed by atoms with Crippen LogP contribution in [0.15, 0.2) is 18.2 Å². The second-order valence-electron chi connectivity index (χ2n) is 5.79. The third-order valence-corrected chi connectivity index (χ3v) is 4.39. The molecule has 132 valence electrons. The molecule has 0 atom stereocenters. The van der Waals surface area contributed by atoms with E-state index in [0.717, 1.165) is 5.56 Å². The minimum atomic E-state index is -0.502. The van der Waals surface area contributed by atoms with Gasteiger partial charge in [0.15, 0.2) is 0 Å². The van der Waals surface area contributed by atoms with E-state index in [1.54, 1.807) is 19.1 Å². The summed E-state index contributed by atoms with van der Waals surface area (Å²) in [5.41, 5.74) is 1.72. The van der Waals surface area contributed by atoms with Crippen LogP contribution in [0.1, 0.15) is 29.2 Å². The first-order valence-electron chi connectivity index (χ1n) is 7.86. The number of carbonyl (C=O) groups excluding carboxylic acids is 1. The summed E-state index contributed by atoms with van der Waals surface area (Å²) in [7, 11) is 0. The molecule has 7 heteroatoms. The molecule has 0 fully saturated rings. The summed E-state index contributed by atoms with van der Waals surface area (Å²) >= 11 is 1.20. The highest BCUT2D eigenvalue weighted by Crippen LogP contribution is 2.35. The van der Waals surface area contributed by atoms with Crippen LogP contribution in [0.3, 0.4) is 0 Å². The van der Waals surface area contributed by atoms with Gasteiger partial charge in [0.2, 0.25) is 5.69 Å². The van der Waals surface area contributed by atoms with Gasteiger partial charge in [0, 0.05) is 5.56 Å². The van der Waals surface area contributed by atoms with Crippen LogP contribution in [0.4, 0.5) is 5.69 Å². The predicted molar refractivity (Wildman–Crippen MR) is 96.3 cm³/mol. The van der Waals surface area contributed by atoms with E-state index < -0.39 is 5.97 Å². The molecule has 0 aliphatic carbocycles. The molecule has 0 saturated carbocycles. The van der Waals surface area contributed by atoms with Crippen LogP contribution in [0, 0.1) is 19.4 Å². The second-order valence-corrected chi connectivity index (χ2v) is 6.79. The maximum Gasteiger partial charge on any atom is 0.350 e. The van der Waals surface area contributed by atoms with Gasteiger partial charge in [-0.2, -0.15) is 0 Å². The number of ether oxygens (including phenoxy) is 2. The number of aryl methyl sites for hydroxylation is 1. The molecular formula is C18H20N2O4S. The van der Waals surface area contributed by atoms with E-state index >= 15 is 0 Å². The Hall–Kier alpha value is -2.43. The van der Waals surface area contributed by atoms with E-state index in [2.05, 4.69) is 9.83 Å². The normalized spacial score (nSPS) is 10.6. The van der Waals surface area contributed by atoms with Crippen LogP contribution in [0.25, 0.3) is 15.4 Å². The number of carbonyl (C=O) groups is 1. The van der Waals surface area contributed by atoms with Crippen molar-refractivity contribution >= 4 is 23.0 Å². The van der Waals surface area contributed by atoms with Crippen molar-refractivity contribution in [1.29, 1.82) is 0 Å². The van der Waals surface area contributed by atoms with E-state index in [0.29, 0.717) is 39.5 Å². The van der Waals surface area contributed by atoms with Crippen molar-refractivity contribution in [2.75, 3.05) is 19.8 Å². The van der Waals surface area contributed by atoms with Crippen LogP contribution in [0.5, 0.6) is 5.75 Å². The standard InChI is InChI=1S/C18H20N2O4S/c1-11(2)10-24-15-6-5-13(9-14(15)19-4)17-20-12(3)16(25-17)18(22)23-8-7-21/h5-6,9,11,21H,7-8,10H2,1-3H3. The molecule has 2 rings (SSSR count). The molecule has 25 heavy (non-hydrogen) atoms.